The molecule has 3 nitrogen and oxygen atoms in total. The zero-order valence-corrected chi connectivity index (χ0v) is 13.9. The second-order valence-electron chi connectivity index (χ2n) is 7.97. The summed E-state index contributed by atoms with van der Waals surface area (Å²) in [5.74, 6) is 0.906. The average molecular weight is 282 g/mol. The molecule has 1 heterocycles. The number of ketones is 1. The van der Waals surface area contributed by atoms with E-state index in [1.54, 1.807) is 7.11 Å². The first-order valence-electron chi connectivity index (χ1n) is 7.91. The van der Waals surface area contributed by atoms with Gasteiger partial charge in [-0.1, -0.05) is 6.92 Å². The fraction of sp³-hybridized carbons (Fsp3) is 0.941. The van der Waals surface area contributed by atoms with Crippen LogP contribution in [0.5, 0.6) is 0 Å². The van der Waals surface area contributed by atoms with Crippen molar-refractivity contribution in [3.8, 4) is 0 Å². The van der Waals surface area contributed by atoms with E-state index in [4.69, 9.17) is 9.47 Å². The minimum Gasteiger partial charge on any atom is -0.370 e. The zero-order valence-electron chi connectivity index (χ0n) is 13.9. The van der Waals surface area contributed by atoms with Crippen LogP contribution in [-0.4, -0.2) is 29.7 Å². The van der Waals surface area contributed by atoms with Gasteiger partial charge in [-0.25, -0.2) is 0 Å². The lowest BCUT2D eigenvalue weighted by atomic mass is 9.70. The fourth-order valence-electron chi connectivity index (χ4n) is 4.07. The Morgan fingerprint density at radius 1 is 1.15 bits per heavy atom. The van der Waals surface area contributed by atoms with Crippen LogP contribution in [-0.2, 0) is 14.3 Å². The first kappa shape index (κ1) is 16.0. The molecule has 1 saturated carbocycles. The van der Waals surface area contributed by atoms with Crippen LogP contribution in [0, 0.1) is 11.8 Å². The molecule has 2 aliphatic rings. The molecular formula is C17H30O3. The molecule has 0 amide bonds. The highest BCUT2D eigenvalue weighted by Gasteiger charge is 2.55. The van der Waals surface area contributed by atoms with Crippen molar-refractivity contribution in [2.24, 2.45) is 11.8 Å². The van der Waals surface area contributed by atoms with Crippen molar-refractivity contribution in [3.63, 3.8) is 0 Å². The largest absolute Gasteiger partial charge is 0.370 e. The Kier molecular flexibility index (Phi) is 4.07. The molecule has 0 aromatic heterocycles. The molecule has 0 spiro atoms. The molecule has 3 heteroatoms. The van der Waals surface area contributed by atoms with Crippen LogP contribution in [0.4, 0.5) is 0 Å². The summed E-state index contributed by atoms with van der Waals surface area (Å²) in [6.45, 7) is 10.5. The van der Waals surface area contributed by atoms with E-state index < -0.39 is 11.2 Å². The molecule has 2 fully saturated rings. The SMILES string of the molecule is COC1(C(=O)C2CC(C)(C)OC2(C)C)CCC(C)CC1. The van der Waals surface area contributed by atoms with Gasteiger partial charge in [-0.05, 0) is 65.7 Å². The van der Waals surface area contributed by atoms with E-state index in [0.29, 0.717) is 5.92 Å². The van der Waals surface area contributed by atoms with Crippen LogP contribution in [0.15, 0.2) is 0 Å². The van der Waals surface area contributed by atoms with Gasteiger partial charge in [0.25, 0.3) is 0 Å². The highest BCUT2D eigenvalue weighted by atomic mass is 16.5. The summed E-state index contributed by atoms with van der Waals surface area (Å²) in [4.78, 5) is 13.2. The lowest BCUT2D eigenvalue weighted by Crippen LogP contribution is -2.50. The number of rotatable bonds is 3. The molecule has 1 aliphatic heterocycles. The Balaban J connectivity index is 2.21. The minimum atomic E-state index is -0.571. The van der Waals surface area contributed by atoms with Crippen molar-refractivity contribution in [1.82, 2.24) is 0 Å². The van der Waals surface area contributed by atoms with Crippen LogP contribution in [0.25, 0.3) is 0 Å². The summed E-state index contributed by atoms with van der Waals surface area (Å²) in [5.41, 5.74) is -1.19. The Bertz CT molecular complexity index is 376. The summed E-state index contributed by atoms with van der Waals surface area (Å²) in [6, 6.07) is 0. The Labute approximate surface area is 123 Å². The van der Waals surface area contributed by atoms with Crippen LogP contribution in [0.3, 0.4) is 0 Å². The number of hydrogen-bond acceptors (Lipinski definition) is 3. The van der Waals surface area contributed by atoms with Gasteiger partial charge in [0, 0.05) is 7.11 Å². The first-order chi connectivity index (χ1) is 9.12. The molecular weight excluding hydrogens is 252 g/mol. The molecule has 20 heavy (non-hydrogen) atoms. The topological polar surface area (TPSA) is 35.5 Å². The lowest BCUT2D eigenvalue weighted by Gasteiger charge is -2.40. The summed E-state index contributed by atoms with van der Waals surface area (Å²) >= 11 is 0. The van der Waals surface area contributed by atoms with Gasteiger partial charge in [0.05, 0.1) is 17.1 Å². The molecule has 1 unspecified atom stereocenters. The molecule has 1 saturated heterocycles. The van der Waals surface area contributed by atoms with Crippen LogP contribution in [0.2, 0.25) is 0 Å². The van der Waals surface area contributed by atoms with Gasteiger partial charge in [-0.2, -0.15) is 0 Å². The van der Waals surface area contributed by atoms with E-state index in [1.165, 1.54) is 0 Å². The average Bonchev–Trinajstić information content (AvgIpc) is 2.58. The predicted octanol–water partition coefficient (Wildman–Crippen LogP) is 3.74. The van der Waals surface area contributed by atoms with Gasteiger partial charge in [0.15, 0.2) is 5.78 Å². The van der Waals surface area contributed by atoms with Gasteiger partial charge >= 0.3 is 0 Å². The monoisotopic (exact) mass is 282 g/mol. The summed E-state index contributed by atoms with van der Waals surface area (Å²) < 4.78 is 11.9. The maximum atomic E-state index is 13.2. The van der Waals surface area contributed by atoms with Crippen LogP contribution in [0.1, 0.15) is 66.7 Å². The van der Waals surface area contributed by atoms with Gasteiger partial charge in [-0.3, -0.25) is 4.79 Å². The normalized spacial score (nSPS) is 39.7. The second kappa shape index (κ2) is 5.10. The highest BCUT2D eigenvalue weighted by Crippen LogP contribution is 2.47. The lowest BCUT2D eigenvalue weighted by molar-refractivity contribution is -0.156. The van der Waals surface area contributed by atoms with Crippen LogP contribution >= 0.6 is 0 Å². The smallest absolute Gasteiger partial charge is 0.170 e. The van der Waals surface area contributed by atoms with Gasteiger partial charge in [-0.15, -0.1) is 0 Å². The maximum Gasteiger partial charge on any atom is 0.170 e. The van der Waals surface area contributed by atoms with E-state index in [9.17, 15) is 4.79 Å². The third kappa shape index (κ3) is 2.80. The molecule has 0 aromatic carbocycles. The molecule has 2 rings (SSSR count). The molecule has 1 atom stereocenters. The second-order valence-corrected chi connectivity index (χ2v) is 7.97. The molecule has 0 aromatic rings. The van der Waals surface area contributed by atoms with E-state index in [0.717, 1.165) is 32.1 Å². The standard InChI is InChI=1S/C17H30O3/c1-12-7-9-17(19-6,10-8-12)14(18)13-11-15(2,3)20-16(13,4)5/h12-13H,7-11H2,1-6H3. The number of Topliss-reactive ketones (excluding diaryl/α,β-unsaturated/α-hetero) is 1. The van der Waals surface area contributed by atoms with E-state index in [2.05, 4.69) is 20.8 Å². The third-order valence-electron chi connectivity index (χ3n) is 5.31. The molecule has 0 N–H and O–H groups in total. The van der Waals surface area contributed by atoms with Gasteiger partial charge in [0.1, 0.15) is 5.60 Å². The van der Waals surface area contributed by atoms with Crippen molar-refractivity contribution in [3.05, 3.63) is 0 Å². The quantitative estimate of drug-likeness (QED) is 0.791. The highest BCUT2D eigenvalue weighted by molar-refractivity contribution is 5.90. The summed E-state index contributed by atoms with van der Waals surface area (Å²) in [7, 11) is 1.70. The van der Waals surface area contributed by atoms with Crippen molar-refractivity contribution in [1.29, 1.82) is 0 Å². The fourth-order valence-corrected chi connectivity index (χ4v) is 4.07. The van der Waals surface area contributed by atoms with Crippen molar-refractivity contribution in [2.45, 2.75) is 83.5 Å². The molecule has 1 aliphatic carbocycles. The van der Waals surface area contributed by atoms with Gasteiger partial charge in [0.2, 0.25) is 0 Å². The molecule has 116 valence electrons. The summed E-state index contributed by atoms with van der Waals surface area (Å²) in [6.07, 6.45) is 4.67. The Morgan fingerprint density at radius 3 is 2.10 bits per heavy atom. The van der Waals surface area contributed by atoms with Crippen molar-refractivity contribution >= 4 is 5.78 Å². The predicted molar refractivity (Wildman–Crippen MR) is 79.7 cm³/mol. The van der Waals surface area contributed by atoms with E-state index >= 15 is 0 Å². The number of hydrogen-bond donors (Lipinski definition) is 0. The Morgan fingerprint density at radius 2 is 1.70 bits per heavy atom. The number of carbonyl (C=O) groups excluding carboxylic acids is 1. The minimum absolute atomic E-state index is 0.0640. The van der Waals surface area contributed by atoms with Gasteiger partial charge < -0.3 is 9.47 Å². The maximum absolute atomic E-state index is 13.2. The van der Waals surface area contributed by atoms with E-state index in [1.807, 2.05) is 13.8 Å². The first-order valence-corrected chi connectivity index (χ1v) is 7.91. The zero-order chi connectivity index (χ0) is 15.2. The molecule has 0 radical (unpaired) electrons. The van der Waals surface area contributed by atoms with Crippen molar-refractivity contribution in [2.75, 3.05) is 7.11 Å². The van der Waals surface area contributed by atoms with E-state index in [-0.39, 0.29) is 17.3 Å². The van der Waals surface area contributed by atoms with Crippen molar-refractivity contribution < 1.29 is 14.3 Å². The Hall–Kier alpha value is -0.410. The number of methoxy groups -OCH3 is 1. The number of carbonyl (C=O) groups is 1. The third-order valence-corrected chi connectivity index (χ3v) is 5.31. The summed E-state index contributed by atoms with van der Waals surface area (Å²) in [5, 5.41) is 0. The molecule has 0 bridgehead atoms. The van der Waals surface area contributed by atoms with Crippen LogP contribution < -0.4 is 0 Å². The number of ether oxygens (including phenoxy) is 2.